The zero-order chi connectivity index (χ0) is 20.0. The van der Waals surface area contributed by atoms with Crippen molar-refractivity contribution in [1.29, 1.82) is 0 Å². The number of imidazole rings is 1. The van der Waals surface area contributed by atoms with E-state index in [9.17, 15) is 9.18 Å². The summed E-state index contributed by atoms with van der Waals surface area (Å²) < 4.78 is 22.9. The van der Waals surface area contributed by atoms with Gasteiger partial charge in [0.2, 0.25) is 5.88 Å². The van der Waals surface area contributed by atoms with Crippen molar-refractivity contribution in [2.45, 2.75) is 26.8 Å². The lowest BCUT2D eigenvalue weighted by molar-refractivity contribution is 0.399. The highest BCUT2D eigenvalue weighted by Crippen LogP contribution is 2.24. The molecule has 3 heterocycles. The van der Waals surface area contributed by atoms with E-state index < -0.39 is 5.82 Å². The van der Waals surface area contributed by atoms with Gasteiger partial charge in [0.25, 0.3) is 5.56 Å². The van der Waals surface area contributed by atoms with Gasteiger partial charge in [0.15, 0.2) is 5.65 Å². The third kappa shape index (κ3) is 2.74. The van der Waals surface area contributed by atoms with Crippen molar-refractivity contribution < 1.29 is 9.13 Å². The highest BCUT2D eigenvalue weighted by atomic mass is 35.5. The lowest BCUT2D eigenvalue weighted by atomic mass is 10.2. The molecule has 0 N–H and O–H groups in total. The molecule has 0 atom stereocenters. The zero-order valence-electron chi connectivity index (χ0n) is 15.7. The van der Waals surface area contributed by atoms with Crippen LogP contribution in [0.1, 0.15) is 24.0 Å². The molecule has 4 aromatic rings. The molecule has 28 heavy (non-hydrogen) atoms. The second-order valence-electron chi connectivity index (χ2n) is 6.44. The van der Waals surface area contributed by atoms with E-state index in [2.05, 4.69) is 9.97 Å². The van der Waals surface area contributed by atoms with Crippen molar-refractivity contribution in [2.24, 2.45) is 0 Å². The van der Waals surface area contributed by atoms with Crippen LogP contribution in [-0.4, -0.2) is 26.0 Å². The number of hydrogen-bond acceptors (Lipinski definition) is 4. The molecule has 0 radical (unpaired) electrons. The summed E-state index contributed by atoms with van der Waals surface area (Å²) in [6.07, 6.45) is 0.631. The van der Waals surface area contributed by atoms with Crippen molar-refractivity contribution in [3.8, 4) is 5.88 Å². The molecule has 0 saturated heterocycles. The average Bonchev–Trinajstić information content (AvgIpc) is 3.03. The van der Waals surface area contributed by atoms with Gasteiger partial charge in [0.05, 0.1) is 24.9 Å². The van der Waals surface area contributed by atoms with Crippen LogP contribution in [0.4, 0.5) is 4.39 Å². The van der Waals surface area contributed by atoms with Gasteiger partial charge in [0.1, 0.15) is 17.2 Å². The maximum atomic E-state index is 14.4. The largest absolute Gasteiger partial charge is 0.481 e. The van der Waals surface area contributed by atoms with Crippen molar-refractivity contribution in [1.82, 2.24) is 18.9 Å². The summed E-state index contributed by atoms with van der Waals surface area (Å²) >= 11 is 6.20. The molecule has 0 aliphatic carbocycles. The third-order valence-electron chi connectivity index (χ3n) is 4.80. The molecule has 144 valence electrons. The molecule has 0 amide bonds. The molecular weight excluding hydrogens is 383 g/mol. The Kier molecular flexibility index (Phi) is 4.55. The van der Waals surface area contributed by atoms with E-state index in [-0.39, 0.29) is 22.7 Å². The predicted molar refractivity (Wildman–Crippen MR) is 106 cm³/mol. The van der Waals surface area contributed by atoms with Crippen LogP contribution >= 0.6 is 11.6 Å². The van der Waals surface area contributed by atoms with Gasteiger partial charge in [-0.3, -0.25) is 13.8 Å². The summed E-state index contributed by atoms with van der Waals surface area (Å²) in [7, 11) is 1.53. The lowest BCUT2D eigenvalue weighted by Gasteiger charge is -2.15. The number of rotatable bonds is 4. The monoisotopic (exact) mass is 400 g/mol. The first-order chi connectivity index (χ1) is 13.5. The maximum Gasteiger partial charge on any atom is 0.277 e. The van der Waals surface area contributed by atoms with Crippen LogP contribution in [0.3, 0.4) is 0 Å². The summed E-state index contributed by atoms with van der Waals surface area (Å²) in [6.45, 7) is 3.73. The highest BCUT2D eigenvalue weighted by molar-refractivity contribution is 6.31. The smallest absolute Gasteiger partial charge is 0.277 e. The average molecular weight is 401 g/mol. The first-order valence-electron chi connectivity index (χ1n) is 8.84. The number of aryl methyl sites for hydroxylation is 2. The first kappa shape index (κ1) is 18.4. The number of nitrogens with zero attached hydrogens (tertiary/aromatic N) is 4. The number of aromatic nitrogens is 4. The molecule has 0 fully saturated rings. The molecule has 0 bridgehead atoms. The van der Waals surface area contributed by atoms with Gasteiger partial charge in [-0.15, -0.1) is 0 Å². The predicted octanol–water partition coefficient (Wildman–Crippen LogP) is 3.76. The van der Waals surface area contributed by atoms with Gasteiger partial charge in [-0.2, -0.15) is 4.98 Å². The SMILES string of the molecule is CCc1nc(C)c2c(=O)n(Cc3c(F)cccc3Cl)c3ccc(OC)nc3n12. The summed E-state index contributed by atoms with van der Waals surface area (Å²) in [5, 5.41) is 0.265. The Bertz CT molecular complexity index is 1260. The van der Waals surface area contributed by atoms with Crippen LogP contribution in [0.25, 0.3) is 16.7 Å². The van der Waals surface area contributed by atoms with Gasteiger partial charge >= 0.3 is 0 Å². The minimum absolute atomic E-state index is 0.0164. The van der Waals surface area contributed by atoms with E-state index in [4.69, 9.17) is 16.3 Å². The molecule has 0 unspecified atom stereocenters. The molecule has 0 aliphatic heterocycles. The first-order valence-corrected chi connectivity index (χ1v) is 9.22. The van der Waals surface area contributed by atoms with Gasteiger partial charge in [-0.1, -0.05) is 24.6 Å². The van der Waals surface area contributed by atoms with Crippen LogP contribution in [-0.2, 0) is 13.0 Å². The van der Waals surface area contributed by atoms with Crippen LogP contribution in [0.15, 0.2) is 35.1 Å². The Morgan fingerprint density at radius 1 is 1.21 bits per heavy atom. The van der Waals surface area contributed by atoms with Gasteiger partial charge < -0.3 is 4.74 Å². The second-order valence-corrected chi connectivity index (χ2v) is 6.85. The Morgan fingerprint density at radius 3 is 2.68 bits per heavy atom. The Labute approximate surface area is 165 Å². The zero-order valence-corrected chi connectivity index (χ0v) is 16.4. The number of fused-ring (bicyclic) bond motifs is 3. The summed E-state index contributed by atoms with van der Waals surface area (Å²) in [4.78, 5) is 22.4. The van der Waals surface area contributed by atoms with E-state index >= 15 is 0 Å². The third-order valence-corrected chi connectivity index (χ3v) is 5.16. The molecule has 8 heteroatoms. The summed E-state index contributed by atoms with van der Waals surface area (Å²) in [5.74, 6) is 0.677. The Balaban J connectivity index is 2.12. The highest BCUT2D eigenvalue weighted by Gasteiger charge is 2.20. The molecule has 0 spiro atoms. The van der Waals surface area contributed by atoms with Crippen LogP contribution in [0.5, 0.6) is 5.88 Å². The molecule has 0 saturated carbocycles. The van der Waals surface area contributed by atoms with E-state index in [1.54, 1.807) is 29.5 Å². The number of hydrogen-bond donors (Lipinski definition) is 0. The number of ether oxygens (including phenoxy) is 1. The normalized spacial score (nSPS) is 11.5. The second kappa shape index (κ2) is 6.91. The van der Waals surface area contributed by atoms with Crippen molar-refractivity contribution in [3.63, 3.8) is 0 Å². The number of benzene rings is 1. The fraction of sp³-hybridized carbons (Fsp3) is 0.250. The number of halogens is 2. The lowest BCUT2D eigenvalue weighted by Crippen LogP contribution is -2.25. The number of methoxy groups -OCH3 is 1. The fourth-order valence-corrected chi connectivity index (χ4v) is 3.67. The molecule has 4 rings (SSSR count). The van der Waals surface area contributed by atoms with Crippen LogP contribution in [0.2, 0.25) is 5.02 Å². The Hall–Kier alpha value is -2.93. The summed E-state index contributed by atoms with van der Waals surface area (Å²) in [5.41, 5.74) is 2.06. The van der Waals surface area contributed by atoms with E-state index in [0.717, 1.165) is 5.82 Å². The molecule has 0 aliphatic rings. The van der Waals surface area contributed by atoms with Gasteiger partial charge in [-0.25, -0.2) is 9.37 Å². The molecule has 3 aromatic heterocycles. The van der Waals surface area contributed by atoms with Crippen LogP contribution < -0.4 is 10.3 Å². The van der Waals surface area contributed by atoms with Crippen molar-refractivity contribution in [3.05, 3.63) is 68.6 Å². The van der Waals surface area contributed by atoms with Crippen molar-refractivity contribution in [2.75, 3.05) is 7.11 Å². The van der Waals surface area contributed by atoms with E-state index in [1.807, 2.05) is 6.92 Å². The number of pyridine rings is 1. The van der Waals surface area contributed by atoms with Crippen LogP contribution in [0, 0.1) is 12.7 Å². The van der Waals surface area contributed by atoms with E-state index in [0.29, 0.717) is 34.7 Å². The standard InChI is InChI=1S/C20H18ClFN4O2/c1-4-16-23-11(2)18-20(27)25(10-12-13(21)6-5-7-14(12)22)15-8-9-17(28-3)24-19(15)26(16)18/h5-9H,4,10H2,1-3H3. The molecule has 6 nitrogen and oxygen atoms in total. The minimum atomic E-state index is -0.464. The topological polar surface area (TPSA) is 61.4 Å². The molecular formula is C20H18ClFN4O2. The molecule has 1 aromatic carbocycles. The fourth-order valence-electron chi connectivity index (χ4n) is 3.45. The van der Waals surface area contributed by atoms with Gasteiger partial charge in [0, 0.05) is 23.1 Å². The summed E-state index contributed by atoms with van der Waals surface area (Å²) in [6, 6.07) is 7.88. The Morgan fingerprint density at radius 2 is 2.00 bits per heavy atom. The van der Waals surface area contributed by atoms with Gasteiger partial charge in [-0.05, 0) is 25.1 Å². The maximum absolute atomic E-state index is 14.4. The van der Waals surface area contributed by atoms with E-state index in [1.165, 1.54) is 23.8 Å². The minimum Gasteiger partial charge on any atom is -0.481 e. The van der Waals surface area contributed by atoms with Crippen molar-refractivity contribution >= 4 is 28.3 Å². The quantitative estimate of drug-likeness (QED) is 0.523.